The zero-order chi connectivity index (χ0) is 23.8. The zero-order valence-electron chi connectivity index (χ0n) is 19.0. The van der Waals surface area contributed by atoms with E-state index in [0.29, 0.717) is 46.9 Å². The summed E-state index contributed by atoms with van der Waals surface area (Å²) in [6, 6.07) is 7.89. The first-order valence-corrected chi connectivity index (χ1v) is 10.9. The average molecular weight is 462 g/mol. The first-order valence-electron chi connectivity index (χ1n) is 10.9. The number of rotatable bonds is 5. The standard InChI is InChI=1S/C24H23FN6O3/c1-14-12-20(31-26-9-10-27-31)17(13-21(14)33-3)24(32)30-11-5-8-19(30)22-28-23(34-29-22)16-6-4-7-18(25)15(16)2/h4,6-7,9-10,12-13,19H,5,8,11H2,1-3H3. The molecule has 0 saturated carbocycles. The van der Waals surface area contributed by atoms with Crippen molar-refractivity contribution in [3.8, 4) is 22.9 Å². The van der Waals surface area contributed by atoms with Crippen LogP contribution in [-0.4, -0.2) is 49.6 Å². The summed E-state index contributed by atoms with van der Waals surface area (Å²) in [6.45, 7) is 4.10. The Morgan fingerprint density at radius 1 is 1.21 bits per heavy atom. The SMILES string of the molecule is COc1cc(C(=O)N2CCCC2c2noc(-c3cccc(F)c3C)n2)c(-n2nccn2)cc1C. The normalized spacial score (nSPS) is 15.6. The van der Waals surface area contributed by atoms with Crippen LogP contribution >= 0.6 is 0 Å². The molecule has 0 N–H and O–H groups in total. The van der Waals surface area contributed by atoms with Crippen molar-refractivity contribution >= 4 is 5.91 Å². The molecule has 9 nitrogen and oxygen atoms in total. The van der Waals surface area contributed by atoms with Crippen LogP contribution in [0.25, 0.3) is 17.1 Å². The summed E-state index contributed by atoms with van der Waals surface area (Å²) in [5.74, 6) is 0.662. The van der Waals surface area contributed by atoms with Crippen LogP contribution in [0.2, 0.25) is 0 Å². The van der Waals surface area contributed by atoms with Gasteiger partial charge in [0.2, 0.25) is 0 Å². The van der Waals surface area contributed by atoms with E-state index >= 15 is 0 Å². The van der Waals surface area contributed by atoms with Crippen LogP contribution in [0.1, 0.15) is 46.2 Å². The van der Waals surface area contributed by atoms with E-state index < -0.39 is 0 Å². The fraction of sp³-hybridized carbons (Fsp3) is 0.292. The minimum Gasteiger partial charge on any atom is -0.496 e. The Labute approximate surface area is 195 Å². The van der Waals surface area contributed by atoms with Gasteiger partial charge in [0.25, 0.3) is 11.8 Å². The minimum absolute atomic E-state index is 0.207. The smallest absolute Gasteiger partial charge is 0.258 e. The topological polar surface area (TPSA) is 99.2 Å². The molecule has 1 aliphatic rings. The second-order valence-electron chi connectivity index (χ2n) is 8.18. The summed E-state index contributed by atoms with van der Waals surface area (Å²) in [4.78, 5) is 21.4. The van der Waals surface area contributed by atoms with Crippen molar-refractivity contribution in [1.29, 1.82) is 0 Å². The predicted octanol–water partition coefficient (Wildman–Crippen LogP) is 4.06. The quantitative estimate of drug-likeness (QED) is 0.441. The van der Waals surface area contributed by atoms with Crippen LogP contribution in [0.3, 0.4) is 0 Å². The Balaban J connectivity index is 1.50. The number of nitrogens with zero attached hydrogens (tertiary/aromatic N) is 6. The molecule has 174 valence electrons. The van der Waals surface area contributed by atoms with Crippen molar-refractivity contribution in [2.45, 2.75) is 32.7 Å². The number of hydrogen-bond donors (Lipinski definition) is 0. The number of carbonyl (C=O) groups excluding carboxylic acids is 1. The molecule has 10 heteroatoms. The van der Waals surface area contributed by atoms with Crippen LogP contribution in [0.4, 0.5) is 4.39 Å². The van der Waals surface area contributed by atoms with E-state index in [1.807, 2.05) is 13.0 Å². The lowest BCUT2D eigenvalue weighted by Crippen LogP contribution is -2.32. The molecule has 2 aromatic heterocycles. The van der Waals surface area contributed by atoms with Crippen LogP contribution in [0, 0.1) is 19.7 Å². The van der Waals surface area contributed by atoms with Crippen molar-refractivity contribution in [1.82, 2.24) is 30.0 Å². The van der Waals surface area contributed by atoms with E-state index in [0.717, 1.165) is 12.0 Å². The maximum atomic E-state index is 14.0. The van der Waals surface area contributed by atoms with Gasteiger partial charge >= 0.3 is 0 Å². The number of ether oxygens (including phenoxy) is 1. The summed E-state index contributed by atoms with van der Waals surface area (Å²) in [7, 11) is 1.57. The lowest BCUT2D eigenvalue weighted by molar-refractivity contribution is 0.0727. The molecule has 5 rings (SSSR count). The van der Waals surface area contributed by atoms with E-state index in [-0.39, 0.29) is 23.7 Å². The molecule has 0 aliphatic carbocycles. The van der Waals surface area contributed by atoms with E-state index in [1.165, 1.54) is 10.9 Å². The Kier molecular flexibility index (Phi) is 5.56. The van der Waals surface area contributed by atoms with Gasteiger partial charge in [0, 0.05) is 12.1 Å². The van der Waals surface area contributed by atoms with Gasteiger partial charge in [0.1, 0.15) is 11.6 Å². The van der Waals surface area contributed by atoms with Crippen molar-refractivity contribution in [3.05, 3.63) is 71.1 Å². The summed E-state index contributed by atoms with van der Waals surface area (Å²) in [6.07, 6.45) is 4.59. The van der Waals surface area contributed by atoms with Gasteiger partial charge in [0.05, 0.1) is 36.8 Å². The number of hydrogen-bond acceptors (Lipinski definition) is 7. The molecule has 0 radical (unpaired) electrons. The van der Waals surface area contributed by atoms with Crippen LogP contribution in [-0.2, 0) is 0 Å². The predicted molar refractivity (Wildman–Crippen MR) is 120 cm³/mol. The number of methoxy groups -OCH3 is 1. The molecule has 1 fully saturated rings. The molecular formula is C24H23FN6O3. The van der Waals surface area contributed by atoms with Crippen LogP contribution < -0.4 is 4.74 Å². The first-order chi connectivity index (χ1) is 16.5. The third-order valence-electron chi connectivity index (χ3n) is 6.13. The van der Waals surface area contributed by atoms with Gasteiger partial charge in [-0.15, -0.1) is 0 Å². The summed E-state index contributed by atoms with van der Waals surface area (Å²) in [5.41, 5.74) is 2.79. The molecule has 4 aromatic rings. The van der Waals surface area contributed by atoms with Gasteiger partial charge in [0.15, 0.2) is 5.82 Å². The molecular weight excluding hydrogens is 439 g/mol. The number of aryl methyl sites for hydroxylation is 1. The lowest BCUT2D eigenvalue weighted by Gasteiger charge is -2.24. The summed E-state index contributed by atoms with van der Waals surface area (Å²) < 4.78 is 24.9. The Bertz CT molecular complexity index is 1350. The molecule has 3 heterocycles. The molecule has 1 atom stereocenters. The minimum atomic E-state index is -0.371. The number of aromatic nitrogens is 5. The van der Waals surface area contributed by atoms with Gasteiger partial charge in [-0.2, -0.15) is 20.0 Å². The summed E-state index contributed by atoms with van der Waals surface area (Å²) >= 11 is 0. The van der Waals surface area contributed by atoms with Gasteiger partial charge in [-0.3, -0.25) is 4.79 Å². The fourth-order valence-electron chi connectivity index (χ4n) is 4.32. The van der Waals surface area contributed by atoms with E-state index in [2.05, 4.69) is 20.3 Å². The third kappa shape index (κ3) is 3.70. The van der Waals surface area contributed by atoms with Gasteiger partial charge in [-0.05, 0) is 62.1 Å². The van der Waals surface area contributed by atoms with E-state index in [9.17, 15) is 9.18 Å². The highest BCUT2D eigenvalue weighted by molar-refractivity contribution is 5.98. The molecule has 1 aliphatic heterocycles. The second-order valence-corrected chi connectivity index (χ2v) is 8.18. The average Bonchev–Trinajstić information content (AvgIpc) is 3.61. The van der Waals surface area contributed by atoms with Gasteiger partial charge in [-0.1, -0.05) is 11.2 Å². The maximum absolute atomic E-state index is 14.0. The molecule has 0 bridgehead atoms. The van der Waals surface area contributed by atoms with E-state index in [1.54, 1.807) is 49.5 Å². The highest BCUT2D eigenvalue weighted by Crippen LogP contribution is 2.35. The van der Waals surface area contributed by atoms with Crippen molar-refractivity contribution in [2.75, 3.05) is 13.7 Å². The highest BCUT2D eigenvalue weighted by Gasteiger charge is 2.35. The second kappa shape index (κ2) is 8.69. The Morgan fingerprint density at radius 3 is 2.76 bits per heavy atom. The maximum Gasteiger partial charge on any atom is 0.258 e. The Hall–Kier alpha value is -4.08. The van der Waals surface area contributed by atoms with Gasteiger partial charge < -0.3 is 14.2 Å². The molecule has 2 aromatic carbocycles. The highest BCUT2D eigenvalue weighted by atomic mass is 19.1. The third-order valence-corrected chi connectivity index (χ3v) is 6.13. The molecule has 1 amide bonds. The number of benzene rings is 2. The van der Waals surface area contributed by atoms with Crippen molar-refractivity contribution < 1.29 is 18.4 Å². The van der Waals surface area contributed by atoms with Crippen LogP contribution in [0.5, 0.6) is 5.75 Å². The Morgan fingerprint density at radius 2 is 2.00 bits per heavy atom. The van der Waals surface area contributed by atoms with Crippen molar-refractivity contribution in [2.24, 2.45) is 0 Å². The number of halogens is 1. The van der Waals surface area contributed by atoms with Crippen molar-refractivity contribution in [3.63, 3.8) is 0 Å². The number of likely N-dealkylation sites (tertiary alicyclic amines) is 1. The molecule has 1 unspecified atom stereocenters. The van der Waals surface area contributed by atoms with Crippen LogP contribution in [0.15, 0.2) is 47.2 Å². The molecule has 1 saturated heterocycles. The number of amides is 1. The molecule has 34 heavy (non-hydrogen) atoms. The summed E-state index contributed by atoms with van der Waals surface area (Å²) in [5, 5.41) is 12.5. The monoisotopic (exact) mass is 462 g/mol. The number of carbonyl (C=O) groups is 1. The lowest BCUT2D eigenvalue weighted by atomic mass is 10.1. The largest absolute Gasteiger partial charge is 0.496 e. The first kappa shape index (κ1) is 21.7. The fourth-order valence-corrected chi connectivity index (χ4v) is 4.32. The zero-order valence-corrected chi connectivity index (χ0v) is 19.0. The van der Waals surface area contributed by atoms with Gasteiger partial charge in [-0.25, -0.2) is 4.39 Å². The molecule has 0 spiro atoms. The van der Waals surface area contributed by atoms with E-state index in [4.69, 9.17) is 9.26 Å².